The molecule has 5 heteroatoms. The minimum atomic E-state index is -1.10. The van der Waals surface area contributed by atoms with E-state index in [0.717, 1.165) is 19.3 Å². The van der Waals surface area contributed by atoms with Gasteiger partial charge in [0.2, 0.25) is 5.91 Å². The summed E-state index contributed by atoms with van der Waals surface area (Å²) in [6.45, 7) is 3.93. The standard InChI is InChI=1S/C13H24N2O3/c1-3-9-5-7-13(8-6-9,12(17)18)15-11(16)10(14)4-2/h9-10H,3-8,14H2,1-2H3,(H,15,16)(H,17,18). The summed E-state index contributed by atoms with van der Waals surface area (Å²) in [5.74, 6) is -0.710. The summed E-state index contributed by atoms with van der Waals surface area (Å²) in [4.78, 5) is 23.3. The van der Waals surface area contributed by atoms with Crippen molar-refractivity contribution < 1.29 is 14.7 Å². The summed E-state index contributed by atoms with van der Waals surface area (Å²) in [6.07, 6.45) is 4.29. The zero-order chi connectivity index (χ0) is 13.8. The Labute approximate surface area is 108 Å². The fourth-order valence-electron chi connectivity index (χ4n) is 2.48. The van der Waals surface area contributed by atoms with Crippen molar-refractivity contribution in [2.24, 2.45) is 11.7 Å². The van der Waals surface area contributed by atoms with Crippen LogP contribution in [-0.2, 0) is 9.59 Å². The molecular weight excluding hydrogens is 232 g/mol. The van der Waals surface area contributed by atoms with Gasteiger partial charge in [0.25, 0.3) is 0 Å². The molecule has 0 aliphatic heterocycles. The number of amides is 1. The number of hydrogen-bond donors (Lipinski definition) is 3. The molecule has 1 aliphatic rings. The molecule has 104 valence electrons. The van der Waals surface area contributed by atoms with E-state index in [-0.39, 0.29) is 5.91 Å². The van der Waals surface area contributed by atoms with Crippen LogP contribution in [0.4, 0.5) is 0 Å². The number of nitrogens with one attached hydrogen (secondary N) is 1. The fourth-order valence-corrected chi connectivity index (χ4v) is 2.48. The number of carboxylic acids is 1. The van der Waals surface area contributed by atoms with Gasteiger partial charge in [-0.3, -0.25) is 4.79 Å². The van der Waals surface area contributed by atoms with E-state index in [1.54, 1.807) is 0 Å². The molecule has 1 atom stereocenters. The van der Waals surface area contributed by atoms with E-state index >= 15 is 0 Å². The highest BCUT2D eigenvalue weighted by Crippen LogP contribution is 2.34. The molecule has 18 heavy (non-hydrogen) atoms. The van der Waals surface area contributed by atoms with Crippen LogP contribution in [0.1, 0.15) is 52.4 Å². The van der Waals surface area contributed by atoms with Crippen molar-refractivity contribution in [2.75, 3.05) is 0 Å². The summed E-state index contributed by atoms with van der Waals surface area (Å²) in [6, 6.07) is -0.620. The van der Waals surface area contributed by atoms with Crippen LogP contribution in [0.5, 0.6) is 0 Å². The molecule has 0 aromatic heterocycles. The van der Waals surface area contributed by atoms with Crippen LogP contribution in [0.2, 0.25) is 0 Å². The van der Waals surface area contributed by atoms with E-state index in [1.807, 2.05) is 6.92 Å². The number of hydrogen-bond acceptors (Lipinski definition) is 3. The van der Waals surface area contributed by atoms with E-state index in [4.69, 9.17) is 5.73 Å². The third-order valence-corrected chi connectivity index (χ3v) is 4.08. The van der Waals surface area contributed by atoms with Crippen LogP contribution < -0.4 is 11.1 Å². The number of nitrogens with two attached hydrogens (primary N) is 1. The number of carbonyl (C=O) groups is 2. The van der Waals surface area contributed by atoms with Crippen molar-refractivity contribution in [3.8, 4) is 0 Å². The van der Waals surface area contributed by atoms with E-state index in [1.165, 1.54) is 0 Å². The maximum Gasteiger partial charge on any atom is 0.329 e. The second-order valence-electron chi connectivity index (χ2n) is 5.24. The fraction of sp³-hybridized carbons (Fsp3) is 0.846. The highest BCUT2D eigenvalue weighted by molar-refractivity contribution is 5.89. The maximum absolute atomic E-state index is 11.8. The Balaban J connectivity index is 2.71. The van der Waals surface area contributed by atoms with E-state index in [0.29, 0.717) is 25.2 Å². The lowest BCUT2D eigenvalue weighted by Crippen LogP contribution is -2.59. The van der Waals surface area contributed by atoms with E-state index in [2.05, 4.69) is 12.2 Å². The van der Waals surface area contributed by atoms with Crippen molar-refractivity contribution in [1.29, 1.82) is 0 Å². The van der Waals surface area contributed by atoms with Gasteiger partial charge in [-0.15, -0.1) is 0 Å². The Hall–Kier alpha value is -1.10. The Bertz CT molecular complexity index is 309. The third kappa shape index (κ3) is 3.22. The van der Waals surface area contributed by atoms with Gasteiger partial charge < -0.3 is 16.2 Å². The Morgan fingerprint density at radius 1 is 1.39 bits per heavy atom. The van der Waals surface area contributed by atoms with Gasteiger partial charge in [-0.05, 0) is 38.0 Å². The lowest BCUT2D eigenvalue weighted by molar-refractivity contribution is -0.150. The first kappa shape index (κ1) is 15.0. The van der Waals surface area contributed by atoms with Gasteiger partial charge >= 0.3 is 5.97 Å². The second-order valence-corrected chi connectivity index (χ2v) is 5.24. The van der Waals surface area contributed by atoms with Crippen molar-refractivity contribution in [1.82, 2.24) is 5.32 Å². The predicted molar refractivity (Wildman–Crippen MR) is 69.0 cm³/mol. The number of carbonyl (C=O) groups excluding carboxylic acids is 1. The zero-order valence-corrected chi connectivity index (χ0v) is 11.2. The quantitative estimate of drug-likeness (QED) is 0.690. The van der Waals surface area contributed by atoms with Gasteiger partial charge in [0.15, 0.2) is 0 Å². The first-order valence-corrected chi connectivity index (χ1v) is 6.76. The first-order chi connectivity index (χ1) is 8.45. The topological polar surface area (TPSA) is 92.4 Å². The molecular formula is C13H24N2O3. The lowest BCUT2D eigenvalue weighted by Gasteiger charge is -2.37. The van der Waals surface area contributed by atoms with Crippen LogP contribution in [-0.4, -0.2) is 28.6 Å². The minimum Gasteiger partial charge on any atom is -0.480 e. The van der Waals surface area contributed by atoms with Crippen molar-refractivity contribution in [3.63, 3.8) is 0 Å². The summed E-state index contributed by atoms with van der Waals surface area (Å²) < 4.78 is 0. The van der Waals surface area contributed by atoms with Gasteiger partial charge in [0.1, 0.15) is 5.54 Å². The molecule has 5 nitrogen and oxygen atoms in total. The van der Waals surface area contributed by atoms with Crippen LogP contribution in [0.3, 0.4) is 0 Å². The van der Waals surface area contributed by atoms with Crippen molar-refractivity contribution in [3.05, 3.63) is 0 Å². The molecule has 1 aliphatic carbocycles. The van der Waals surface area contributed by atoms with Crippen molar-refractivity contribution in [2.45, 2.75) is 64.0 Å². The van der Waals surface area contributed by atoms with Crippen LogP contribution in [0, 0.1) is 5.92 Å². The summed E-state index contributed by atoms with van der Waals surface area (Å²) in [5, 5.41) is 12.1. The van der Waals surface area contributed by atoms with Crippen LogP contribution in [0.15, 0.2) is 0 Å². The Morgan fingerprint density at radius 2 is 1.94 bits per heavy atom. The predicted octanol–water partition coefficient (Wildman–Crippen LogP) is 1.26. The normalized spacial score (nSPS) is 29.6. The molecule has 1 unspecified atom stereocenters. The van der Waals surface area contributed by atoms with Crippen molar-refractivity contribution >= 4 is 11.9 Å². The molecule has 0 spiro atoms. The number of aliphatic carboxylic acids is 1. The minimum absolute atomic E-state index is 0.352. The Morgan fingerprint density at radius 3 is 2.33 bits per heavy atom. The van der Waals surface area contributed by atoms with Gasteiger partial charge in [-0.25, -0.2) is 4.79 Å². The van der Waals surface area contributed by atoms with Gasteiger partial charge in [-0.1, -0.05) is 20.3 Å². The average Bonchev–Trinajstić information content (AvgIpc) is 2.38. The number of carboxylic acid groups (broad SMARTS) is 1. The molecule has 0 heterocycles. The lowest BCUT2D eigenvalue weighted by atomic mass is 9.75. The highest BCUT2D eigenvalue weighted by atomic mass is 16.4. The average molecular weight is 256 g/mol. The molecule has 0 radical (unpaired) electrons. The van der Waals surface area contributed by atoms with E-state index in [9.17, 15) is 14.7 Å². The largest absolute Gasteiger partial charge is 0.480 e. The first-order valence-electron chi connectivity index (χ1n) is 6.76. The highest BCUT2D eigenvalue weighted by Gasteiger charge is 2.43. The molecule has 0 saturated heterocycles. The van der Waals surface area contributed by atoms with E-state index < -0.39 is 17.6 Å². The SMILES string of the molecule is CCC1CCC(NC(=O)C(N)CC)(C(=O)O)CC1. The molecule has 0 aromatic carbocycles. The third-order valence-electron chi connectivity index (χ3n) is 4.08. The molecule has 4 N–H and O–H groups in total. The Kier molecular flexibility index (Phi) is 5.14. The van der Waals surface area contributed by atoms with Gasteiger partial charge in [0, 0.05) is 0 Å². The smallest absolute Gasteiger partial charge is 0.329 e. The van der Waals surface area contributed by atoms with Gasteiger partial charge in [-0.2, -0.15) is 0 Å². The van der Waals surface area contributed by atoms with Crippen LogP contribution in [0.25, 0.3) is 0 Å². The molecule has 0 aromatic rings. The number of rotatable bonds is 5. The van der Waals surface area contributed by atoms with Gasteiger partial charge in [0.05, 0.1) is 6.04 Å². The summed E-state index contributed by atoms with van der Waals surface area (Å²) in [5.41, 5.74) is 4.54. The summed E-state index contributed by atoms with van der Waals surface area (Å²) >= 11 is 0. The molecule has 1 saturated carbocycles. The zero-order valence-electron chi connectivity index (χ0n) is 11.2. The van der Waals surface area contributed by atoms with Crippen LogP contribution >= 0.6 is 0 Å². The monoisotopic (exact) mass is 256 g/mol. The maximum atomic E-state index is 11.8. The second kappa shape index (κ2) is 6.18. The molecule has 1 amide bonds. The molecule has 1 rings (SSSR count). The molecule has 1 fully saturated rings. The molecule has 0 bridgehead atoms. The summed E-state index contributed by atoms with van der Waals surface area (Å²) in [7, 11) is 0.